The number of piperazine rings is 1. The number of hydrogen-bond acceptors (Lipinski definition) is 7. The third-order valence-corrected chi connectivity index (χ3v) is 5.87. The number of aromatic amines is 1. The molecular formula is C23H27N5O4. The highest BCUT2D eigenvalue weighted by Crippen LogP contribution is 2.32. The van der Waals surface area contributed by atoms with Gasteiger partial charge in [-0.3, -0.25) is 14.6 Å². The summed E-state index contributed by atoms with van der Waals surface area (Å²) in [4.78, 5) is 25.0. The standard InChI is InChI=1S/C23H27N5O4/c1-30-17-3-4-18-19(11-17)26-22(25-18)13-27-6-8-28(9-7-27)14-23(29)24-12-16-2-5-20-21(10-16)32-15-31-20/h2-5,10-11H,6-9,12-15H2,1H3,(H,24,29)(H,25,26). The average Bonchev–Trinajstić information content (AvgIpc) is 3.44. The molecule has 3 heterocycles. The zero-order valence-corrected chi connectivity index (χ0v) is 18.1. The number of rotatable bonds is 7. The Morgan fingerprint density at radius 1 is 1.09 bits per heavy atom. The second-order valence-electron chi connectivity index (χ2n) is 8.08. The molecule has 0 saturated carbocycles. The largest absolute Gasteiger partial charge is 0.497 e. The number of carbonyl (C=O) groups excluding carboxylic acids is 1. The van der Waals surface area contributed by atoms with E-state index < -0.39 is 0 Å². The number of nitrogens with one attached hydrogen (secondary N) is 2. The molecule has 9 heteroatoms. The highest BCUT2D eigenvalue weighted by molar-refractivity contribution is 5.78. The number of nitrogens with zero attached hydrogens (tertiary/aromatic N) is 3. The maximum Gasteiger partial charge on any atom is 0.234 e. The van der Waals surface area contributed by atoms with Gasteiger partial charge >= 0.3 is 0 Å². The third kappa shape index (κ3) is 4.63. The predicted octanol–water partition coefficient (Wildman–Crippen LogP) is 1.73. The maximum atomic E-state index is 12.4. The van der Waals surface area contributed by atoms with E-state index in [4.69, 9.17) is 14.2 Å². The lowest BCUT2D eigenvalue weighted by molar-refractivity contribution is -0.122. The van der Waals surface area contributed by atoms with Crippen LogP contribution in [0.15, 0.2) is 36.4 Å². The molecule has 0 bridgehead atoms. The smallest absolute Gasteiger partial charge is 0.234 e. The lowest BCUT2D eigenvalue weighted by atomic mass is 10.2. The summed E-state index contributed by atoms with van der Waals surface area (Å²) in [5.74, 6) is 3.28. The Morgan fingerprint density at radius 3 is 2.75 bits per heavy atom. The first kappa shape index (κ1) is 20.6. The van der Waals surface area contributed by atoms with Crippen molar-refractivity contribution in [3.05, 3.63) is 47.8 Å². The molecule has 1 amide bonds. The third-order valence-electron chi connectivity index (χ3n) is 5.87. The van der Waals surface area contributed by atoms with Gasteiger partial charge in [-0.15, -0.1) is 0 Å². The Bertz CT molecular complexity index is 1110. The number of H-pyrrole nitrogens is 1. The second-order valence-corrected chi connectivity index (χ2v) is 8.08. The molecule has 0 radical (unpaired) electrons. The second kappa shape index (κ2) is 9.05. The lowest BCUT2D eigenvalue weighted by Crippen LogP contribution is -2.49. The molecule has 0 unspecified atom stereocenters. The van der Waals surface area contributed by atoms with Crippen molar-refractivity contribution in [3.63, 3.8) is 0 Å². The van der Waals surface area contributed by atoms with Crippen LogP contribution in [0, 0.1) is 0 Å². The summed E-state index contributed by atoms with van der Waals surface area (Å²) in [5, 5.41) is 3.00. The highest BCUT2D eigenvalue weighted by Gasteiger charge is 2.20. The fourth-order valence-electron chi connectivity index (χ4n) is 4.07. The highest BCUT2D eigenvalue weighted by atomic mass is 16.7. The van der Waals surface area contributed by atoms with Gasteiger partial charge in [0.25, 0.3) is 0 Å². The fraction of sp³-hybridized carbons (Fsp3) is 0.391. The molecule has 2 aliphatic rings. The Kier molecular flexibility index (Phi) is 5.83. The zero-order chi connectivity index (χ0) is 21.9. The van der Waals surface area contributed by atoms with Crippen molar-refractivity contribution in [2.45, 2.75) is 13.1 Å². The number of ether oxygens (including phenoxy) is 3. The van der Waals surface area contributed by atoms with Gasteiger partial charge in [-0.25, -0.2) is 4.98 Å². The number of aromatic nitrogens is 2. The molecule has 168 valence electrons. The summed E-state index contributed by atoms with van der Waals surface area (Å²) >= 11 is 0. The van der Waals surface area contributed by atoms with E-state index in [9.17, 15) is 4.79 Å². The van der Waals surface area contributed by atoms with Crippen molar-refractivity contribution in [3.8, 4) is 17.2 Å². The lowest BCUT2D eigenvalue weighted by Gasteiger charge is -2.33. The zero-order valence-electron chi connectivity index (χ0n) is 18.1. The Labute approximate surface area is 186 Å². The van der Waals surface area contributed by atoms with Crippen LogP contribution in [0.2, 0.25) is 0 Å². The van der Waals surface area contributed by atoms with Gasteiger partial charge in [-0.05, 0) is 29.8 Å². The van der Waals surface area contributed by atoms with Crippen LogP contribution < -0.4 is 19.5 Å². The van der Waals surface area contributed by atoms with Gasteiger partial charge in [0.15, 0.2) is 11.5 Å². The molecule has 3 aromatic rings. The molecule has 9 nitrogen and oxygen atoms in total. The Hall–Kier alpha value is -3.30. The van der Waals surface area contributed by atoms with E-state index in [2.05, 4.69) is 25.1 Å². The molecule has 2 aliphatic heterocycles. The summed E-state index contributed by atoms with van der Waals surface area (Å²) in [6.45, 7) is 5.40. The average molecular weight is 438 g/mol. The van der Waals surface area contributed by atoms with Crippen molar-refractivity contribution in [2.75, 3.05) is 46.6 Å². The van der Waals surface area contributed by atoms with E-state index in [1.54, 1.807) is 7.11 Å². The SMILES string of the molecule is COc1ccc2nc(CN3CCN(CC(=O)NCc4ccc5c(c4)OCO5)CC3)[nH]c2c1. The number of hydrogen-bond donors (Lipinski definition) is 2. The Balaban J connectivity index is 1.07. The minimum atomic E-state index is 0.0300. The van der Waals surface area contributed by atoms with Crippen molar-refractivity contribution >= 4 is 16.9 Å². The number of fused-ring (bicyclic) bond motifs is 2. The van der Waals surface area contributed by atoms with Gasteiger partial charge in [0, 0.05) is 38.8 Å². The van der Waals surface area contributed by atoms with Crippen LogP contribution in [-0.2, 0) is 17.9 Å². The van der Waals surface area contributed by atoms with Crippen molar-refractivity contribution in [2.24, 2.45) is 0 Å². The summed E-state index contributed by atoms with van der Waals surface area (Å²) in [6.07, 6.45) is 0. The number of imidazole rings is 1. The van der Waals surface area contributed by atoms with Crippen molar-refractivity contribution in [1.29, 1.82) is 0 Å². The minimum Gasteiger partial charge on any atom is -0.497 e. The molecule has 1 aromatic heterocycles. The van der Waals surface area contributed by atoms with E-state index >= 15 is 0 Å². The van der Waals surface area contributed by atoms with Crippen LogP contribution in [-0.4, -0.2) is 72.3 Å². The van der Waals surface area contributed by atoms with Crippen LogP contribution in [0.4, 0.5) is 0 Å². The van der Waals surface area contributed by atoms with Crippen LogP contribution in [0.5, 0.6) is 17.2 Å². The van der Waals surface area contributed by atoms with Crippen LogP contribution in [0.3, 0.4) is 0 Å². The molecule has 0 atom stereocenters. The molecule has 32 heavy (non-hydrogen) atoms. The number of amides is 1. The molecule has 1 fully saturated rings. The van der Waals surface area contributed by atoms with Gasteiger partial charge in [-0.1, -0.05) is 6.07 Å². The Morgan fingerprint density at radius 2 is 1.91 bits per heavy atom. The van der Waals surface area contributed by atoms with Crippen LogP contribution in [0.25, 0.3) is 11.0 Å². The number of benzene rings is 2. The first-order valence-electron chi connectivity index (χ1n) is 10.8. The quantitative estimate of drug-likeness (QED) is 0.582. The van der Waals surface area contributed by atoms with E-state index in [0.717, 1.165) is 72.4 Å². The van der Waals surface area contributed by atoms with Gasteiger partial charge in [0.1, 0.15) is 11.6 Å². The normalized spacial score (nSPS) is 16.4. The minimum absolute atomic E-state index is 0.0300. The molecule has 2 aromatic carbocycles. The summed E-state index contributed by atoms with van der Waals surface area (Å²) in [5.41, 5.74) is 2.92. The predicted molar refractivity (Wildman–Crippen MR) is 119 cm³/mol. The molecule has 1 saturated heterocycles. The van der Waals surface area contributed by atoms with E-state index in [1.807, 2.05) is 36.4 Å². The first-order valence-corrected chi connectivity index (χ1v) is 10.8. The monoisotopic (exact) mass is 437 g/mol. The van der Waals surface area contributed by atoms with Crippen LogP contribution >= 0.6 is 0 Å². The first-order chi connectivity index (χ1) is 15.7. The summed E-state index contributed by atoms with van der Waals surface area (Å²) in [6, 6.07) is 11.6. The fourth-order valence-corrected chi connectivity index (χ4v) is 4.07. The number of methoxy groups -OCH3 is 1. The van der Waals surface area contributed by atoms with Crippen molar-refractivity contribution < 1.29 is 19.0 Å². The van der Waals surface area contributed by atoms with Gasteiger partial charge in [0.2, 0.25) is 12.7 Å². The van der Waals surface area contributed by atoms with Gasteiger partial charge < -0.3 is 24.5 Å². The molecule has 0 spiro atoms. The topological polar surface area (TPSA) is 92.0 Å². The molecule has 5 rings (SSSR count). The maximum absolute atomic E-state index is 12.4. The summed E-state index contributed by atoms with van der Waals surface area (Å²) in [7, 11) is 1.66. The van der Waals surface area contributed by atoms with E-state index in [0.29, 0.717) is 13.1 Å². The molecule has 2 N–H and O–H groups in total. The summed E-state index contributed by atoms with van der Waals surface area (Å²) < 4.78 is 16.0. The molecular weight excluding hydrogens is 410 g/mol. The molecule has 0 aliphatic carbocycles. The van der Waals surface area contributed by atoms with Crippen molar-refractivity contribution in [1.82, 2.24) is 25.1 Å². The number of carbonyl (C=O) groups is 1. The van der Waals surface area contributed by atoms with E-state index in [-0.39, 0.29) is 12.7 Å². The van der Waals surface area contributed by atoms with Crippen LogP contribution in [0.1, 0.15) is 11.4 Å². The van der Waals surface area contributed by atoms with Gasteiger partial charge in [0.05, 0.1) is 31.2 Å². The van der Waals surface area contributed by atoms with E-state index in [1.165, 1.54) is 0 Å². The van der Waals surface area contributed by atoms with Gasteiger partial charge in [-0.2, -0.15) is 0 Å².